The number of carbonyl (C=O) groups excluding carboxylic acids is 1. The fraction of sp³-hybridized carbons (Fsp3) is 0.364. The number of benzene rings is 1. The Morgan fingerprint density at radius 1 is 1.50 bits per heavy atom. The second-order valence-electron chi connectivity index (χ2n) is 3.23. The molecule has 0 atom stereocenters. The van der Waals surface area contributed by atoms with E-state index in [1.165, 1.54) is 0 Å². The lowest BCUT2D eigenvalue weighted by Crippen LogP contribution is -1.99. The molecule has 0 fully saturated rings. The molecular weight excluding hydrogens is 180 g/mol. The predicted molar refractivity (Wildman–Crippen MR) is 52.2 cm³/mol. The molecule has 1 aromatic rings. The summed E-state index contributed by atoms with van der Waals surface area (Å²) in [6, 6.07) is 3.66. The van der Waals surface area contributed by atoms with Gasteiger partial charge in [-0.15, -0.1) is 0 Å². The van der Waals surface area contributed by atoms with E-state index >= 15 is 0 Å². The first-order valence-corrected chi connectivity index (χ1v) is 4.63. The average Bonchev–Trinajstić information content (AvgIpc) is 2.58. The van der Waals surface area contributed by atoms with Crippen LogP contribution in [0.25, 0.3) is 0 Å². The third kappa shape index (κ3) is 1.25. The van der Waals surface area contributed by atoms with Crippen molar-refractivity contribution in [1.29, 1.82) is 0 Å². The summed E-state index contributed by atoms with van der Waals surface area (Å²) in [5.74, 6) is 1.48. The SMILES string of the molecule is CCc1cc2c(cc1OC)C(=O)CO2. The zero-order valence-electron chi connectivity index (χ0n) is 8.29. The van der Waals surface area contributed by atoms with Crippen LogP contribution in [0.15, 0.2) is 12.1 Å². The molecule has 0 radical (unpaired) electrons. The highest BCUT2D eigenvalue weighted by atomic mass is 16.5. The van der Waals surface area contributed by atoms with Crippen LogP contribution < -0.4 is 9.47 Å². The van der Waals surface area contributed by atoms with Crippen molar-refractivity contribution in [2.24, 2.45) is 0 Å². The highest BCUT2D eigenvalue weighted by Crippen LogP contribution is 2.32. The summed E-state index contributed by atoms with van der Waals surface area (Å²) in [4.78, 5) is 11.4. The molecule has 0 spiro atoms. The number of hydrogen-bond acceptors (Lipinski definition) is 3. The molecule has 0 aliphatic carbocycles. The lowest BCUT2D eigenvalue weighted by molar-refractivity contribution is 0.0961. The van der Waals surface area contributed by atoms with Crippen LogP contribution >= 0.6 is 0 Å². The first-order valence-electron chi connectivity index (χ1n) is 4.63. The third-order valence-corrected chi connectivity index (χ3v) is 2.42. The summed E-state index contributed by atoms with van der Waals surface area (Å²) in [7, 11) is 1.61. The molecule has 0 aromatic heterocycles. The molecule has 3 heteroatoms. The maximum absolute atomic E-state index is 11.4. The van der Waals surface area contributed by atoms with Crippen molar-refractivity contribution in [3.63, 3.8) is 0 Å². The molecule has 0 saturated carbocycles. The monoisotopic (exact) mass is 192 g/mol. The number of rotatable bonds is 2. The van der Waals surface area contributed by atoms with Crippen molar-refractivity contribution in [3.05, 3.63) is 23.3 Å². The molecule has 0 unspecified atom stereocenters. The van der Waals surface area contributed by atoms with Crippen molar-refractivity contribution in [1.82, 2.24) is 0 Å². The Hall–Kier alpha value is -1.51. The first-order chi connectivity index (χ1) is 6.76. The normalized spacial score (nSPS) is 13.7. The van der Waals surface area contributed by atoms with Gasteiger partial charge in [-0.25, -0.2) is 0 Å². The molecule has 1 heterocycles. The number of fused-ring (bicyclic) bond motifs is 1. The second-order valence-corrected chi connectivity index (χ2v) is 3.23. The maximum Gasteiger partial charge on any atom is 0.204 e. The maximum atomic E-state index is 11.4. The number of carbonyl (C=O) groups is 1. The van der Waals surface area contributed by atoms with E-state index < -0.39 is 0 Å². The number of hydrogen-bond donors (Lipinski definition) is 0. The Labute approximate surface area is 82.6 Å². The van der Waals surface area contributed by atoms with E-state index in [0.717, 1.165) is 17.7 Å². The second kappa shape index (κ2) is 3.33. The molecule has 1 aliphatic heterocycles. The zero-order valence-corrected chi connectivity index (χ0v) is 8.29. The van der Waals surface area contributed by atoms with Gasteiger partial charge in [-0.05, 0) is 24.1 Å². The van der Waals surface area contributed by atoms with Crippen molar-refractivity contribution in [3.8, 4) is 11.5 Å². The average molecular weight is 192 g/mol. The Bertz CT molecular complexity index is 382. The molecule has 1 aliphatic rings. The minimum absolute atomic E-state index is 0.0287. The fourth-order valence-corrected chi connectivity index (χ4v) is 1.63. The smallest absolute Gasteiger partial charge is 0.204 e. The van der Waals surface area contributed by atoms with Gasteiger partial charge in [0.05, 0.1) is 12.7 Å². The minimum atomic E-state index is 0.0287. The predicted octanol–water partition coefficient (Wildman–Crippen LogP) is 1.83. The molecule has 74 valence electrons. The van der Waals surface area contributed by atoms with E-state index in [4.69, 9.17) is 9.47 Å². The molecule has 14 heavy (non-hydrogen) atoms. The van der Waals surface area contributed by atoms with Crippen molar-refractivity contribution < 1.29 is 14.3 Å². The summed E-state index contributed by atoms with van der Waals surface area (Å²) < 4.78 is 10.4. The third-order valence-electron chi connectivity index (χ3n) is 2.42. The van der Waals surface area contributed by atoms with Gasteiger partial charge in [-0.1, -0.05) is 6.92 Å². The molecular formula is C11H12O3. The molecule has 0 saturated heterocycles. The van der Waals surface area contributed by atoms with E-state index in [1.807, 2.05) is 13.0 Å². The topological polar surface area (TPSA) is 35.5 Å². The van der Waals surface area contributed by atoms with Crippen LogP contribution in [-0.4, -0.2) is 19.5 Å². The molecule has 1 aromatic carbocycles. The Morgan fingerprint density at radius 2 is 2.29 bits per heavy atom. The van der Waals surface area contributed by atoms with Crippen LogP contribution in [0.4, 0.5) is 0 Å². The van der Waals surface area contributed by atoms with Gasteiger partial charge in [-0.3, -0.25) is 4.79 Å². The summed E-state index contributed by atoms with van der Waals surface area (Å²) in [6.45, 7) is 2.20. The quantitative estimate of drug-likeness (QED) is 0.717. The summed E-state index contributed by atoms with van der Waals surface area (Å²) >= 11 is 0. The lowest BCUT2D eigenvalue weighted by atomic mass is 10.1. The van der Waals surface area contributed by atoms with E-state index in [2.05, 4.69) is 0 Å². The van der Waals surface area contributed by atoms with Crippen LogP contribution in [-0.2, 0) is 6.42 Å². The van der Waals surface area contributed by atoms with Crippen LogP contribution in [0.1, 0.15) is 22.8 Å². The van der Waals surface area contributed by atoms with Gasteiger partial charge in [-0.2, -0.15) is 0 Å². The van der Waals surface area contributed by atoms with Gasteiger partial charge in [0.15, 0.2) is 6.61 Å². The Balaban J connectivity index is 2.54. The van der Waals surface area contributed by atoms with Gasteiger partial charge >= 0.3 is 0 Å². The number of ether oxygens (including phenoxy) is 2. The van der Waals surface area contributed by atoms with Crippen LogP contribution in [0, 0.1) is 0 Å². The highest BCUT2D eigenvalue weighted by molar-refractivity contribution is 6.02. The van der Waals surface area contributed by atoms with E-state index in [-0.39, 0.29) is 12.4 Å². The fourth-order valence-electron chi connectivity index (χ4n) is 1.63. The largest absolute Gasteiger partial charge is 0.496 e. The standard InChI is InChI=1S/C11H12O3/c1-3-7-4-11-8(5-10(7)13-2)9(12)6-14-11/h4-5H,3,6H2,1-2H3. The molecule has 3 nitrogen and oxygen atoms in total. The molecule has 0 N–H and O–H groups in total. The Morgan fingerprint density at radius 3 is 2.93 bits per heavy atom. The minimum Gasteiger partial charge on any atom is -0.496 e. The van der Waals surface area contributed by atoms with Crippen molar-refractivity contribution >= 4 is 5.78 Å². The summed E-state index contributed by atoms with van der Waals surface area (Å²) in [5, 5.41) is 0. The summed E-state index contributed by atoms with van der Waals surface area (Å²) in [6.07, 6.45) is 0.869. The molecule has 2 rings (SSSR count). The van der Waals surface area contributed by atoms with Crippen LogP contribution in [0.2, 0.25) is 0 Å². The van der Waals surface area contributed by atoms with Gasteiger partial charge in [0.2, 0.25) is 5.78 Å². The molecule has 0 bridgehead atoms. The highest BCUT2D eigenvalue weighted by Gasteiger charge is 2.23. The Kier molecular flexibility index (Phi) is 2.15. The van der Waals surface area contributed by atoms with Crippen molar-refractivity contribution in [2.45, 2.75) is 13.3 Å². The number of ketones is 1. The number of Topliss-reactive ketones (excluding diaryl/α,β-unsaturated/α-hetero) is 1. The van der Waals surface area contributed by atoms with Gasteiger partial charge in [0.25, 0.3) is 0 Å². The van der Waals surface area contributed by atoms with E-state index in [9.17, 15) is 4.79 Å². The van der Waals surface area contributed by atoms with E-state index in [0.29, 0.717) is 11.3 Å². The lowest BCUT2D eigenvalue weighted by Gasteiger charge is -2.08. The van der Waals surface area contributed by atoms with Gasteiger partial charge in [0.1, 0.15) is 11.5 Å². The van der Waals surface area contributed by atoms with E-state index in [1.54, 1.807) is 13.2 Å². The summed E-state index contributed by atoms with van der Waals surface area (Å²) in [5.41, 5.74) is 1.71. The van der Waals surface area contributed by atoms with Gasteiger partial charge < -0.3 is 9.47 Å². The van der Waals surface area contributed by atoms with Crippen molar-refractivity contribution in [2.75, 3.05) is 13.7 Å². The number of aryl methyl sites for hydroxylation is 1. The first kappa shape index (κ1) is 9.06. The van der Waals surface area contributed by atoms with Crippen LogP contribution in [0.3, 0.4) is 0 Å². The molecule has 0 amide bonds. The van der Waals surface area contributed by atoms with Gasteiger partial charge in [0, 0.05) is 0 Å². The number of methoxy groups -OCH3 is 1. The zero-order chi connectivity index (χ0) is 10.1. The van der Waals surface area contributed by atoms with Crippen LogP contribution in [0.5, 0.6) is 11.5 Å².